The Labute approximate surface area is 169 Å². The van der Waals surface area contributed by atoms with E-state index in [9.17, 15) is 9.90 Å². The lowest BCUT2D eigenvalue weighted by atomic mass is 10.1. The molecule has 0 saturated carbocycles. The summed E-state index contributed by atoms with van der Waals surface area (Å²) in [6.45, 7) is 2.81. The molecule has 7 heteroatoms. The molecule has 3 N–H and O–H groups in total. The first-order valence-corrected chi connectivity index (χ1v) is 9.34. The molecule has 1 heterocycles. The Morgan fingerprint density at radius 2 is 1.93 bits per heavy atom. The van der Waals surface area contributed by atoms with Gasteiger partial charge in [0.15, 0.2) is 0 Å². The van der Waals surface area contributed by atoms with Crippen LogP contribution in [0.3, 0.4) is 0 Å². The summed E-state index contributed by atoms with van der Waals surface area (Å²) in [7, 11) is 0. The highest BCUT2D eigenvalue weighted by atomic mass is 16.4. The fourth-order valence-electron chi connectivity index (χ4n) is 3.09. The molecule has 0 radical (unpaired) electrons. The molecule has 2 atom stereocenters. The van der Waals surface area contributed by atoms with E-state index in [1.54, 1.807) is 24.7 Å². The highest BCUT2D eigenvalue weighted by molar-refractivity contribution is 5.77. The number of rotatable bonds is 9. The molecule has 148 valence electrons. The molecule has 0 spiro atoms. The second-order valence-corrected chi connectivity index (χ2v) is 6.73. The van der Waals surface area contributed by atoms with Crippen LogP contribution in [0.4, 0.5) is 5.69 Å². The zero-order valence-electron chi connectivity index (χ0n) is 16.1. The van der Waals surface area contributed by atoms with Crippen LogP contribution in [0.15, 0.2) is 67.1 Å². The van der Waals surface area contributed by atoms with Crippen LogP contribution in [0.1, 0.15) is 29.8 Å². The van der Waals surface area contributed by atoms with Crippen LogP contribution in [0.5, 0.6) is 0 Å². The maximum atomic E-state index is 11.6. The summed E-state index contributed by atoms with van der Waals surface area (Å²) in [6, 6.07) is 18.2. The van der Waals surface area contributed by atoms with Crippen molar-refractivity contribution in [2.45, 2.75) is 25.6 Å². The first-order valence-electron chi connectivity index (χ1n) is 9.34. The highest BCUT2D eigenvalue weighted by Gasteiger charge is 2.17. The number of aliphatic carboxylic acids is 1. The van der Waals surface area contributed by atoms with E-state index in [1.165, 1.54) is 0 Å². The Hall–Kier alpha value is -3.63. The van der Waals surface area contributed by atoms with E-state index in [-0.39, 0.29) is 12.6 Å². The summed E-state index contributed by atoms with van der Waals surface area (Å²) in [5.74, 6) is -0.916. The zero-order chi connectivity index (χ0) is 20.6. The standard InChI is InChI=1S/C22H23N5O2/c1-16(18-9-7-17(11-23)8-10-18)27-15-25-13-20(27)12-24-14-21(22(28)29)26-19-5-3-2-4-6-19/h2-10,13,15-16,21,24,26H,12,14H2,1H3,(H,28,29). The van der Waals surface area contributed by atoms with E-state index in [0.29, 0.717) is 12.1 Å². The smallest absolute Gasteiger partial charge is 0.327 e. The fraction of sp³-hybridized carbons (Fsp3) is 0.227. The van der Waals surface area contributed by atoms with Crippen molar-refractivity contribution in [1.82, 2.24) is 14.9 Å². The molecule has 2 aromatic carbocycles. The number of nitriles is 1. The molecule has 0 aliphatic rings. The molecule has 0 aliphatic carbocycles. The number of nitrogens with zero attached hydrogens (tertiary/aromatic N) is 3. The van der Waals surface area contributed by atoms with Gasteiger partial charge in [0, 0.05) is 25.0 Å². The van der Waals surface area contributed by atoms with Crippen molar-refractivity contribution in [1.29, 1.82) is 5.26 Å². The fourth-order valence-corrected chi connectivity index (χ4v) is 3.09. The third-order valence-electron chi connectivity index (χ3n) is 4.75. The Bertz CT molecular complexity index is 976. The molecule has 2 unspecified atom stereocenters. The zero-order valence-corrected chi connectivity index (χ0v) is 16.1. The number of aromatic nitrogens is 2. The van der Waals surface area contributed by atoms with Gasteiger partial charge in [-0.15, -0.1) is 0 Å². The summed E-state index contributed by atoms with van der Waals surface area (Å²) in [6.07, 6.45) is 3.53. The summed E-state index contributed by atoms with van der Waals surface area (Å²) in [5, 5.41) is 24.7. The van der Waals surface area contributed by atoms with Gasteiger partial charge in [0.1, 0.15) is 6.04 Å². The molecular formula is C22H23N5O2. The molecule has 0 amide bonds. The van der Waals surface area contributed by atoms with Gasteiger partial charge in [-0.25, -0.2) is 9.78 Å². The van der Waals surface area contributed by atoms with Gasteiger partial charge in [-0.1, -0.05) is 30.3 Å². The number of hydrogen-bond acceptors (Lipinski definition) is 5. The SMILES string of the molecule is CC(c1ccc(C#N)cc1)n1cncc1CNCC(Nc1ccccc1)C(=O)O. The number of carboxylic acid groups (broad SMARTS) is 1. The second-order valence-electron chi connectivity index (χ2n) is 6.73. The molecule has 0 fully saturated rings. The van der Waals surface area contributed by atoms with Gasteiger partial charge in [0.05, 0.1) is 29.7 Å². The third-order valence-corrected chi connectivity index (χ3v) is 4.75. The van der Waals surface area contributed by atoms with E-state index in [4.69, 9.17) is 5.26 Å². The van der Waals surface area contributed by atoms with Crippen molar-refractivity contribution in [3.8, 4) is 6.07 Å². The van der Waals surface area contributed by atoms with Gasteiger partial charge >= 0.3 is 5.97 Å². The van der Waals surface area contributed by atoms with Gasteiger partial charge in [0.2, 0.25) is 0 Å². The van der Waals surface area contributed by atoms with Crippen LogP contribution in [0, 0.1) is 11.3 Å². The number of hydrogen-bond donors (Lipinski definition) is 3. The number of nitrogens with one attached hydrogen (secondary N) is 2. The number of carbonyl (C=O) groups is 1. The topological polar surface area (TPSA) is 103 Å². The van der Waals surface area contributed by atoms with Crippen LogP contribution in [0.2, 0.25) is 0 Å². The van der Waals surface area contributed by atoms with Gasteiger partial charge < -0.3 is 20.3 Å². The predicted octanol–water partition coefficient (Wildman–Crippen LogP) is 3.02. The minimum absolute atomic E-state index is 0.0414. The Morgan fingerprint density at radius 3 is 2.59 bits per heavy atom. The highest BCUT2D eigenvalue weighted by Crippen LogP contribution is 2.20. The Kier molecular flexibility index (Phi) is 6.61. The minimum atomic E-state index is -0.916. The van der Waals surface area contributed by atoms with Crippen molar-refractivity contribution >= 4 is 11.7 Å². The lowest BCUT2D eigenvalue weighted by Crippen LogP contribution is -2.39. The maximum absolute atomic E-state index is 11.6. The largest absolute Gasteiger partial charge is 0.480 e. The van der Waals surface area contributed by atoms with Gasteiger partial charge in [-0.05, 0) is 36.8 Å². The Balaban J connectivity index is 1.61. The molecular weight excluding hydrogens is 366 g/mol. The first-order chi connectivity index (χ1) is 14.1. The molecule has 29 heavy (non-hydrogen) atoms. The summed E-state index contributed by atoms with van der Waals surface area (Å²) in [4.78, 5) is 15.8. The number of benzene rings is 2. The summed E-state index contributed by atoms with van der Waals surface area (Å²) >= 11 is 0. The number of carboxylic acids is 1. The lowest BCUT2D eigenvalue weighted by Gasteiger charge is -2.19. The van der Waals surface area contributed by atoms with Gasteiger partial charge in [-0.2, -0.15) is 5.26 Å². The van der Waals surface area contributed by atoms with Crippen molar-refractivity contribution in [3.05, 3.63) is 83.9 Å². The van der Waals surface area contributed by atoms with Crippen molar-refractivity contribution in [2.24, 2.45) is 0 Å². The molecule has 0 saturated heterocycles. The quantitative estimate of drug-likeness (QED) is 0.520. The third kappa shape index (κ3) is 5.21. The van der Waals surface area contributed by atoms with Crippen molar-refractivity contribution in [2.75, 3.05) is 11.9 Å². The predicted molar refractivity (Wildman–Crippen MR) is 110 cm³/mol. The normalized spacial score (nSPS) is 12.7. The maximum Gasteiger partial charge on any atom is 0.327 e. The number of para-hydroxylation sites is 1. The van der Waals surface area contributed by atoms with E-state index in [1.807, 2.05) is 47.0 Å². The second kappa shape index (κ2) is 9.53. The average Bonchev–Trinajstić information content (AvgIpc) is 3.21. The van der Waals surface area contributed by atoms with Crippen LogP contribution in [0.25, 0.3) is 0 Å². The molecule has 3 aromatic rings. The molecule has 3 rings (SSSR count). The van der Waals surface area contributed by atoms with Crippen LogP contribution >= 0.6 is 0 Å². The average molecular weight is 389 g/mol. The first kappa shape index (κ1) is 20.1. The summed E-state index contributed by atoms with van der Waals surface area (Å²) < 4.78 is 2.04. The summed E-state index contributed by atoms with van der Waals surface area (Å²) in [5.41, 5.74) is 3.41. The van der Waals surface area contributed by atoms with E-state index in [2.05, 4.69) is 28.6 Å². The van der Waals surface area contributed by atoms with Crippen LogP contribution in [-0.4, -0.2) is 33.2 Å². The van der Waals surface area contributed by atoms with Crippen molar-refractivity contribution in [3.63, 3.8) is 0 Å². The van der Waals surface area contributed by atoms with Gasteiger partial charge in [-0.3, -0.25) is 0 Å². The van der Waals surface area contributed by atoms with E-state index < -0.39 is 12.0 Å². The van der Waals surface area contributed by atoms with Crippen molar-refractivity contribution < 1.29 is 9.90 Å². The van der Waals surface area contributed by atoms with Gasteiger partial charge in [0.25, 0.3) is 0 Å². The minimum Gasteiger partial charge on any atom is -0.480 e. The number of anilines is 1. The molecule has 0 bridgehead atoms. The van der Waals surface area contributed by atoms with Crippen LogP contribution < -0.4 is 10.6 Å². The Morgan fingerprint density at radius 1 is 1.21 bits per heavy atom. The number of imidazole rings is 1. The monoisotopic (exact) mass is 389 g/mol. The molecule has 7 nitrogen and oxygen atoms in total. The van der Waals surface area contributed by atoms with E-state index in [0.717, 1.165) is 16.9 Å². The molecule has 1 aromatic heterocycles. The molecule has 0 aliphatic heterocycles. The van der Waals surface area contributed by atoms with Crippen LogP contribution in [-0.2, 0) is 11.3 Å². The lowest BCUT2D eigenvalue weighted by molar-refractivity contribution is -0.137. The van der Waals surface area contributed by atoms with E-state index >= 15 is 0 Å².